The number of methoxy groups -OCH3 is 1. The van der Waals surface area contributed by atoms with Crippen LogP contribution in [0.2, 0.25) is 0 Å². The summed E-state index contributed by atoms with van der Waals surface area (Å²) in [6.45, 7) is 1.98. The third kappa shape index (κ3) is 1.78. The van der Waals surface area contributed by atoms with Crippen molar-refractivity contribution >= 4 is 15.9 Å². The summed E-state index contributed by atoms with van der Waals surface area (Å²) in [4.78, 5) is 0.0309. The van der Waals surface area contributed by atoms with E-state index in [-0.39, 0.29) is 4.83 Å². The average molecular weight is 285 g/mol. The third-order valence-corrected chi connectivity index (χ3v) is 3.16. The highest BCUT2D eigenvalue weighted by atomic mass is 79.9. The molecular weight excluding hydrogens is 272 g/mol. The molecule has 0 saturated carbocycles. The molecule has 0 spiro atoms. The fourth-order valence-corrected chi connectivity index (χ4v) is 2.14. The van der Waals surface area contributed by atoms with E-state index in [4.69, 9.17) is 14.2 Å². The molecular formula is C12H13BrO3. The van der Waals surface area contributed by atoms with Gasteiger partial charge in [0.05, 0.1) is 11.9 Å². The molecule has 86 valence electrons. The molecule has 0 saturated heterocycles. The number of ether oxygens (including phenoxy) is 3. The number of rotatable bonds is 3. The van der Waals surface area contributed by atoms with Crippen LogP contribution in [0.1, 0.15) is 12.5 Å². The van der Waals surface area contributed by atoms with Gasteiger partial charge in [0.15, 0.2) is 0 Å². The molecule has 1 atom stereocenters. The van der Waals surface area contributed by atoms with Gasteiger partial charge >= 0.3 is 0 Å². The Hall–Kier alpha value is -1.16. The molecule has 0 bridgehead atoms. The summed E-state index contributed by atoms with van der Waals surface area (Å²) in [5.74, 6) is 0.0406. The van der Waals surface area contributed by atoms with Crippen molar-refractivity contribution < 1.29 is 14.2 Å². The smallest absolute Gasteiger partial charge is 0.289 e. The van der Waals surface area contributed by atoms with Gasteiger partial charge in [0.25, 0.3) is 5.79 Å². The minimum absolute atomic E-state index is 0.0309. The maximum Gasteiger partial charge on any atom is 0.289 e. The maximum absolute atomic E-state index is 5.57. The largest absolute Gasteiger partial charge is 0.497 e. The Morgan fingerprint density at radius 1 is 1.19 bits per heavy atom. The first kappa shape index (κ1) is 11.3. The minimum atomic E-state index is -0.772. The van der Waals surface area contributed by atoms with Gasteiger partial charge in [0.2, 0.25) is 0 Å². The topological polar surface area (TPSA) is 27.7 Å². The Bertz CT molecular complexity index is 376. The van der Waals surface area contributed by atoms with Crippen LogP contribution in [0.15, 0.2) is 36.8 Å². The van der Waals surface area contributed by atoms with Gasteiger partial charge in [0, 0.05) is 5.56 Å². The van der Waals surface area contributed by atoms with E-state index in [0.29, 0.717) is 0 Å². The molecule has 3 nitrogen and oxygen atoms in total. The normalized spacial score (nSPS) is 18.7. The Morgan fingerprint density at radius 2 is 1.75 bits per heavy atom. The fourth-order valence-electron chi connectivity index (χ4n) is 1.66. The summed E-state index contributed by atoms with van der Waals surface area (Å²) in [6.07, 6.45) is 3.12. The Morgan fingerprint density at radius 3 is 2.19 bits per heavy atom. The number of hydrogen-bond acceptors (Lipinski definition) is 3. The second-order valence-corrected chi connectivity index (χ2v) is 4.89. The van der Waals surface area contributed by atoms with Crippen LogP contribution in [0.25, 0.3) is 0 Å². The fraction of sp³-hybridized carbons (Fsp3) is 0.333. The van der Waals surface area contributed by atoms with E-state index in [1.54, 1.807) is 19.6 Å². The molecule has 0 radical (unpaired) electrons. The standard InChI is InChI=1S/C12H13BrO3/c1-9(13)12(15-7-8-16-12)10-3-5-11(14-2)6-4-10/h3-9H,1-2H3. The minimum Gasteiger partial charge on any atom is -0.497 e. The summed E-state index contributed by atoms with van der Waals surface area (Å²) in [7, 11) is 1.64. The van der Waals surface area contributed by atoms with E-state index in [0.717, 1.165) is 11.3 Å². The van der Waals surface area contributed by atoms with Gasteiger partial charge in [-0.15, -0.1) is 0 Å². The number of hydrogen-bond donors (Lipinski definition) is 0. The molecule has 1 aliphatic rings. The second kappa shape index (κ2) is 4.37. The zero-order chi connectivity index (χ0) is 11.6. The van der Waals surface area contributed by atoms with E-state index < -0.39 is 5.79 Å². The zero-order valence-electron chi connectivity index (χ0n) is 9.14. The molecule has 1 aliphatic heterocycles. The number of alkyl halides is 1. The maximum atomic E-state index is 5.57. The summed E-state index contributed by atoms with van der Waals surface area (Å²) in [5, 5.41) is 0. The van der Waals surface area contributed by atoms with Gasteiger partial charge < -0.3 is 14.2 Å². The van der Waals surface area contributed by atoms with Crippen LogP contribution in [0.3, 0.4) is 0 Å². The first-order valence-corrected chi connectivity index (χ1v) is 5.90. The molecule has 16 heavy (non-hydrogen) atoms. The van der Waals surface area contributed by atoms with E-state index in [9.17, 15) is 0 Å². The van der Waals surface area contributed by atoms with Crippen molar-refractivity contribution in [3.05, 3.63) is 42.4 Å². The molecule has 0 aromatic heterocycles. The lowest BCUT2D eigenvalue weighted by atomic mass is 10.0. The summed E-state index contributed by atoms with van der Waals surface area (Å²) in [5.41, 5.74) is 0.947. The zero-order valence-corrected chi connectivity index (χ0v) is 10.7. The van der Waals surface area contributed by atoms with E-state index >= 15 is 0 Å². The number of halogens is 1. The lowest BCUT2D eigenvalue weighted by Gasteiger charge is -2.30. The monoisotopic (exact) mass is 284 g/mol. The SMILES string of the molecule is COc1ccc(C2(C(C)Br)OC=CO2)cc1. The van der Waals surface area contributed by atoms with Crippen molar-refractivity contribution in [2.45, 2.75) is 17.5 Å². The molecule has 1 unspecified atom stereocenters. The van der Waals surface area contributed by atoms with E-state index in [2.05, 4.69) is 15.9 Å². The van der Waals surface area contributed by atoms with Gasteiger partial charge in [-0.3, -0.25) is 0 Å². The first-order chi connectivity index (χ1) is 7.69. The predicted molar refractivity (Wildman–Crippen MR) is 64.4 cm³/mol. The molecule has 0 aliphatic carbocycles. The van der Waals surface area contributed by atoms with Crippen LogP contribution in [0.4, 0.5) is 0 Å². The number of benzene rings is 1. The van der Waals surface area contributed by atoms with Crippen LogP contribution in [0, 0.1) is 0 Å². The van der Waals surface area contributed by atoms with Crippen LogP contribution < -0.4 is 4.74 Å². The highest BCUT2D eigenvalue weighted by molar-refractivity contribution is 9.09. The highest BCUT2D eigenvalue weighted by Gasteiger charge is 2.42. The van der Waals surface area contributed by atoms with Crippen molar-refractivity contribution in [3.63, 3.8) is 0 Å². The highest BCUT2D eigenvalue weighted by Crippen LogP contribution is 2.39. The van der Waals surface area contributed by atoms with Gasteiger partial charge in [-0.25, -0.2) is 0 Å². The molecule has 1 heterocycles. The summed E-state index contributed by atoms with van der Waals surface area (Å²) < 4.78 is 16.3. The molecule has 0 N–H and O–H groups in total. The molecule has 0 amide bonds. The van der Waals surface area contributed by atoms with Gasteiger partial charge in [-0.2, -0.15) is 0 Å². The van der Waals surface area contributed by atoms with Crippen molar-refractivity contribution in [1.29, 1.82) is 0 Å². The van der Waals surface area contributed by atoms with Crippen molar-refractivity contribution in [3.8, 4) is 5.75 Å². The lowest BCUT2D eigenvalue weighted by Crippen LogP contribution is -2.35. The molecule has 0 fully saturated rings. The molecule has 1 aromatic carbocycles. The van der Waals surface area contributed by atoms with Crippen LogP contribution in [0.5, 0.6) is 5.75 Å². The van der Waals surface area contributed by atoms with Crippen LogP contribution >= 0.6 is 15.9 Å². The summed E-state index contributed by atoms with van der Waals surface area (Å²) in [6, 6.07) is 7.64. The molecule has 1 aromatic rings. The van der Waals surface area contributed by atoms with E-state index in [1.807, 2.05) is 31.2 Å². The first-order valence-electron chi connectivity index (χ1n) is 4.98. The molecule has 2 rings (SSSR count). The van der Waals surface area contributed by atoms with Gasteiger partial charge in [0.1, 0.15) is 18.3 Å². The van der Waals surface area contributed by atoms with E-state index in [1.165, 1.54) is 0 Å². The Labute approximate surface area is 103 Å². The van der Waals surface area contributed by atoms with Crippen LogP contribution in [-0.2, 0) is 15.3 Å². The predicted octanol–water partition coefficient (Wildman–Crippen LogP) is 3.15. The van der Waals surface area contributed by atoms with Crippen molar-refractivity contribution in [2.75, 3.05) is 7.11 Å². The average Bonchev–Trinajstić information content (AvgIpc) is 2.79. The third-order valence-electron chi connectivity index (χ3n) is 2.56. The van der Waals surface area contributed by atoms with Crippen molar-refractivity contribution in [1.82, 2.24) is 0 Å². The van der Waals surface area contributed by atoms with Gasteiger partial charge in [-0.05, 0) is 31.2 Å². The Balaban J connectivity index is 2.33. The molecule has 4 heteroatoms. The van der Waals surface area contributed by atoms with Crippen molar-refractivity contribution in [2.24, 2.45) is 0 Å². The van der Waals surface area contributed by atoms with Gasteiger partial charge in [-0.1, -0.05) is 15.9 Å². The second-order valence-electron chi connectivity index (χ2n) is 3.52. The quantitative estimate of drug-likeness (QED) is 0.798. The van der Waals surface area contributed by atoms with Crippen LogP contribution in [-0.4, -0.2) is 11.9 Å². The Kier molecular flexibility index (Phi) is 3.10. The lowest BCUT2D eigenvalue weighted by molar-refractivity contribution is -0.145. The summed E-state index contributed by atoms with van der Waals surface area (Å²) >= 11 is 3.51.